The number of nitrogens with two attached hydrogens (primary N) is 1. The number of methoxy groups -OCH3 is 1. The number of rotatable bonds is 4. The average Bonchev–Trinajstić information content (AvgIpc) is 2.29. The predicted molar refractivity (Wildman–Crippen MR) is 75.3 cm³/mol. The Morgan fingerprint density at radius 1 is 1.37 bits per heavy atom. The number of alkyl carbamates (subject to hydrolysis) is 1. The van der Waals surface area contributed by atoms with Crippen LogP contribution in [0.15, 0.2) is 18.2 Å². The van der Waals surface area contributed by atoms with Crippen molar-refractivity contribution in [3.8, 4) is 5.75 Å². The summed E-state index contributed by atoms with van der Waals surface area (Å²) in [7, 11) is 1.58. The van der Waals surface area contributed by atoms with Crippen LogP contribution in [0.25, 0.3) is 0 Å². The van der Waals surface area contributed by atoms with Crippen LogP contribution in [0.1, 0.15) is 26.3 Å². The number of ether oxygens (including phenoxy) is 2. The average molecular weight is 266 g/mol. The van der Waals surface area contributed by atoms with Crippen LogP contribution >= 0.6 is 0 Å². The SMILES string of the molecule is COc1cc(CCNC(=O)OC(C)(C)C)ccc1N. The molecule has 0 atom stereocenters. The second kappa shape index (κ2) is 6.31. The minimum Gasteiger partial charge on any atom is -0.495 e. The molecular weight excluding hydrogens is 244 g/mol. The Labute approximate surface area is 114 Å². The van der Waals surface area contributed by atoms with Gasteiger partial charge in [-0.15, -0.1) is 0 Å². The second-order valence-corrected chi connectivity index (χ2v) is 5.25. The van der Waals surface area contributed by atoms with Gasteiger partial charge in [0, 0.05) is 6.54 Å². The van der Waals surface area contributed by atoms with Crippen LogP contribution < -0.4 is 15.8 Å². The first kappa shape index (κ1) is 15.1. The van der Waals surface area contributed by atoms with Crippen molar-refractivity contribution in [2.75, 3.05) is 19.4 Å². The number of hydrogen-bond donors (Lipinski definition) is 2. The van der Waals surface area contributed by atoms with Crippen LogP contribution in [0.4, 0.5) is 10.5 Å². The predicted octanol–water partition coefficient (Wildman–Crippen LogP) is 2.34. The Kier molecular flexibility index (Phi) is 5.03. The van der Waals surface area contributed by atoms with E-state index in [1.54, 1.807) is 13.2 Å². The molecule has 106 valence electrons. The highest BCUT2D eigenvalue weighted by Crippen LogP contribution is 2.22. The Morgan fingerprint density at radius 3 is 2.63 bits per heavy atom. The fourth-order valence-corrected chi connectivity index (χ4v) is 1.53. The molecule has 19 heavy (non-hydrogen) atoms. The Bertz CT molecular complexity index is 439. The summed E-state index contributed by atoms with van der Waals surface area (Å²) >= 11 is 0. The van der Waals surface area contributed by atoms with Crippen LogP contribution in [-0.2, 0) is 11.2 Å². The lowest BCUT2D eigenvalue weighted by Crippen LogP contribution is -2.33. The normalized spacial score (nSPS) is 10.9. The van der Waals surface area contributed by atoms with E-state index < -0.39 is 11.7 Å². The molecule has 0 aromatic heterocycles. The van der Waals surface area contributed by atoms with E-state index in [4.69, 9.17) is 15.2 Å². The summed E-state index contributed by atoms with van der Waals surface area (Å²) in [5.41, 5.74) is 6.90. The maximum atomic E-state index is 11.4. The van der Waals surface area contributed by atoms with E-state index >= 15 is 0 Å². The van der Waals surface area contributed by atoms with E-state index in [0.29, 0.717) is 24.4 Å². The first-order valence-corrected chi connectivity index (χ1v) is 6.21. The van der Waals surface area contributed by atoms with Gasteiger partial charge < -0.3 is 20.5 Å². The molecular formula is C14H22N2O3. The van der Waals surface area contributed by atoms with Gasteiger partial charge in [-0.05, 0) is 44.9 Å². The highest BCUT2D eigenvalue weighted by atomic mass is 16.6. The van der Waals surface area contributed by atoms with Gasteiger partial charge in [-0.1, -0.05) is 6.07 Å². The molecule has 5 heteroatoms. The van der Waals surface area contributed by atoms with E-state index in [0.717, 1.165) is 5.56 Å². The van der Waals surface area contributed by atoms with Crippen molar-refractivity contribution in [3.05, 3.63) is 23.8 Å². The van der Waals surface area contributed by atoms with Gasteiger partial charge in [0.1, 0.15) is 11.4 Å². The van der Waals surface area contributed by atoms with Gasteiger partial charge in [-0.3, -0.25) is 0 Å². The molecule has 0 saturated heterocycles. The molecule has 0 fully saturated rings. The molecule has 0 spiro atoms. The third kappa shape index (κ3) is 5.50. The number of carbonyl (C=O) groups excluding carboxylic acids is 1. The Hall–Kier alpha value is -1.91. The quantitative estimate of drug-likeness (QED) is 0.820. The van der Waals surface area contributed by atoms with E-state index in [1.807, 2.05) is 32.9 Å². The second-order valence-electron chi connectivity index (χ2n) is 5.25. The molecule has 3 N–H and O–H groups in total. The molecule has 0 heterocycles. The summed E-state index contributed by atoms with van der Waals surface area (Å²) in [6.45, 7) is 5.99. The largest absolute Gasteiger partial charge is 0.495 e. The van der Waals surface area contributed by atoms with Crippen LogP contribution in [0.3, 0.4) is 0 Å². The van der Waals surface area contributed by atoms with Crippen molar-refractivity contribution >= 4 is 11.8 Å². The van der Waals surface area contributed by atoms with E-state index in [-0.39, 0.29) is 0 Å². The summed E-state index contributed by atoms with van der Waals surface area (Å²) in [4.78, 5) is 11.4. The van der Waals surface area contributed by atoms with Gasteiger partial charge >= 0.3 is 6.09 Å². The van der Waals surface area contributed by atoms with E-state index in [9.17, 15) is 4.79 Å². The number of amides is 1. The lowest BCUT2D eigenvalue weighted by atomic mass is 10.1. The highest BCUT2D eigenvalue weighted by molar-refractivity contribution is 5.67. The van der Waals surface area contributed by atoms with Gasteiger partial charge in [0.05, 0.1) is 12.8 Å². The number of anilines is 1. The molecule has 1 aromatic carbocycles. The van der Waals surface area contributed by atoms with Crippen LogP contribution in [0.5, 0.6) is 5.75 Å². The number of nitrogen functional groups attached to an aromatic ring is 1. The maximum Gasteiger partial charge on any atom is 0.407 e. The van der Waals surface area contributed by atoms with Gasteiger partial charge in [-0.25, -0.2) is 4.79 Å². The molecule has 1 aromatic rings. The molecule has 1 amide bonds. The standard InChI is InChI=1S/C14H22N2O3/c1-14(2,3)19-13(17)16-8-7-10-5-6-11(15)12(9-10)18-4/h5-6,9H,7-8,15H2,1-4H3,(H,16,17). The molecule has 5 nitrogen and oxygen atoms in total. The van der Waals surface area contributed by atoms with E-state index in [1.165, 1.54) is 0 Å². The molecule has 1 rings (SSSR count). The van der Waals surface area contributed by atoms with Crippen molar-refractivity contribution in [2.45, 2.75) is 32.8 Å². The summed E-state index contributed by atoms with van der Waals surface area (Å²) in [5.74, 6) is 0.648. The Morgan fingerprint density at radius 2 is 2.05 bits per heavy atom. The fraction of sp³-hybridized carbons (Fsp3) is 0.500. The van der Waals surface area contributed by atoms with Crippen LogP contribution in [-0.4, -0.2) is 25.3 Å². The monoisotopic (exact) mass is 266 g/mol. The zero-order chi connectivity index (χ0) is 14.5. The summed E-state index contributed by atoms with van der Waals surface area (Å²) in [6, 6.07) is 5.57. The molecule has 0 aliphatic heterocycles. The topological polar surface area (TPSA) is 73.6 Å². The summed E-state index contributed by atoms with van der Waals surface area (Å²) in [6.07, 6.45) is 0.283. The number of nitrogens with one attached hydrogen (secondary N) is 1. The molecule has 0 aliphatic carbocycles. The maximum absolute atomic E-state index is 11.4. The van der Waals surface area contributed by atoms with Crippen molar-refractivity contribution in [1.29, 1.82) is 0 Å². The smallest absolute Gasteiger partial charge is 0.407 e. The van der Waals surface area contributed by atoms with Gasteiger partial charge in [0.25, 0.3) is 0 Å². The zero-order valence-electron chi connectivity index (χ0n) is 11.9. The fourth-order valence-electron chi connectivity index (χ4n) is 1.53. The minimum absolute atomic E-state index is 0.407. The minimum atomic E-state index is -0.478. The molecule has 0 aliphatic rings. The number of hydrogen-bond acceptors (Lipinski definition) is 4. The van der Waals surface area contributed by atoms with Crippen LogP contribution in [0.2, 0.25) is 0 Å². The molecule has 0 radical (unpaired) electrons. The van der Waals surface area contributed by atoms with Gasteiger partial charge in [0.2, 0.25) is 0 Å². The van der Waals surface area contributed by atoms with Gasteiger partial charge in [0.15, 0.2) is 0 Å². The molecule has 0 bridgehead atoms. The third-order valence-electron chi connectivity index (χ3n) is 2.38. The van der Waals surface area contributed by atoms with Crippen molar-refractivity contribution in [3.63, 3.8) is 0 Å². The summed E-state index contributed by atoms with van der Waals surface area (Å²) < 4.78 is 10.3. The van der Waals surface area contributed by atoms with Crippen molar-refractivity contribution in [2.24, 2.45) is 0 Å². The van der Waals surface area contributed by atoms with Gasteiger partial charge in [-0.2, -0.15) is 0 Å². The van der Waals surface area contributed by atoms with Crippen molar-refractivity contribution < 1.29 is 14.3 Å². The first-order chi connectivity index (χ1) is 8.81. The third-order valence-corrected chi connectivity index (χ3v) is 2.38. The Balaban J connectivity index is 2.43. The highest BCUT2D eigenvalue weighted by Gasteiger charge is 2.15. The molecule has 0 unspecified atom stereocenters. The lowest BCUT2D eigenvalue weighted by molar-refractivity contribution is 0.0528. The first-order valence-electron chi connectivity index (χ1n) is 6.21. The number of benzene rings is 1. The van der Waals surface area contributed by atoms with E-state index in [2.05, 4.69) is 5.32 Å². The number of carbonyl (C=O) groups is 1. The molecule has 0 saturated carbocycles. The summed E-state index contributed by atoms with van der Waals surface area (Å²) in [5, 5.41) is 2.71. The van der Waals surface area contributed by atoms with Crippen molar-refractivity contribution in [1.82, 2.24) is 5.32 Å². The lowest BCUT2D eigenvalue weighted by Gasteiger charge is -2.19. The van der Waals surface area contributed by atoms with Crippen LogP contribution in [0, 0.1) is 0 Å². The zero-order valence-corrected chi connectivity index (χ0v) is 11.9.